The van der Waals surface area contributed by atoms with Crippen molar-refractivity contribution < 1.29 is 9.53 Å². The Morgan fingerprint density at radius 1 is 1.06 bits per heavy atom. The summed E-state index contributed by atoms with van der Waals surface area (Å²) in [5, 5.41) is 0. The number of fused-ring (bicyclic) bond motifs is 1. The molecule has 0 saturated carbocycles. The SMILES string of the molecule is CC(=O)N1CCN(c2nc(C)nc3c2nc(-c2ccccc2C)n3[C@H]2CCOC2)CC1. The minimum absolute atomic E-state index is 0.121. The lowest BCUT2D eigenvalue weighted by Crippen LogP contribution is -2.48. The van der Waals surface area contributed by atoms with Crippen LogP contribution in [-0.2, 0) is 9.53 Å². The van der Waals surface area contributed by atoms with Crippen molar-refractivity contribution in [1.29, 1.82) is 0 Å². The van der Waals surface area contributed by atoms with Crippen molar-refractivity contribution in [2.45, 2.75) is 33.2 Å². The number of anilines is 1. The quantitative estimate of drug-likeness (QED) is 0.649. The molecule has 1 atom stereocenters. The van der Waals surface area contributed by atoms with Crippen molar-refractivity contribution in [3.63, 3.8) is 0 Å². The smallest absolute Gasteiger partial charge is 0.219 e. The maximum Gasteiger partial charge on any atom is 0.219 e. The molecule has 5 rings (SSSR count). The largest absolute Gasteiger partial charge is 0.379 e. The number of aryl methyl sites for hydroxylation is 2. The highest BCUT2D eigenvalue weighted by Gasteiger charge is 2.29. The third kappa shape index (κ3) is 3.54. The Morgan fingerprint density at radius 2 is 1.84 bits per heavy atom. The molecule has 8 nitrogen and oxygen atoms in total. The van der Waals surface area contributed by atoms with Crippen LogP contribution in [0.2, 0.25) is 0 Å². The fourth-order valence-electron chi connectivity index (χ4n) is 4.60. The summed E-state index contributed by atoms with van der Waals surface area (Å²) in [5.74, 6) is 2.63. The normalized spacial score (nSPS) is 19.4. The lowest BCUT2D eigenvalue weighted by molar-refractivity contribution is -0.129. The summed E-state index contributed by atoms with van der Waals surface area (Å²) >= 11 is 0. The summed E-state index contributed by atoms with van der Waals surface area (Å²) in [6, 6.07) is 8.54. The van der Waals surface area contributed by atoms with E-state index in [1.165, 1.54) is 5.56 Å². The first-order valence-electron chi connectivity index (χ1n) is 10.9. The summed E-state index contributed by atoms with van der Waals surface area (Å²) < 4.78 is 7.98. The topological polar surface area (TPSA) is 76.4 Å². The summed E-state index contributed by atoms with van der Waals surface area (Å²) in [6.45, 7) is 9.97. The van der Waals surface area contributed by atoms with E-state index in [1.807, 2.05) is 17.9 Å². The number of ether oxygens (including phenoxy) is 1. The lowest BCUT2D eigenvalue weighted by Gasteiger charge is -2.35. The molecule has 0 radical (unpaired) electrons. The van der Waals surface area contributed by atoms with Crippen molar-refractivity contribution in [3.8, 4) is 11.4 Å². The predicted octanol–water partition coefficient (Wildman–Crippen LogP) is 2.74. The zero-order valence-corrected chi connectivity index (χ0v) is 18.3. The van der Waals surface area contributed by atoms with E-state index < -0.39 is 0 Å². The van der Waals surface area contributed by atoms with Gasteiger partial charge in [0.25, 0.3) is 0 Å². The molecule has 4 heterocycles. The second-order valence-electron chi connectivity index (χ2n) is 8.40. The monoisotopic (exact) mass is 420 g/mol. The van der Waals surface area contributed by atoms with Crippen LogP contribution < -0.4 is 4.90 Å². The van der Waals surface area contributed by atoms with Gasteiger partial charge >= 0.3 is 0 Å². The van der Waals surface area contributed by atoms with Crippen LogP contribution in [0.15, 0.2) is 24.3 Å². The number of rotatable bonds is 3. The van der Waals surface area contributed by atoms with E-state index in [1.54, 1.807) is 6.92 Å². The second kappa shape index (κ2) is 7.92. The van der Waals surface area contributed by atoms with Crippen molar-refractivity contribution >= 4 is 22.9 Å². The molecule has 3 aromatic rings. The average molecular weight is 421 g/mol. The van der Waals surface area contributed by atoms with E-state index in [0.717, 1.165) is 60.3 Å². The fourth-order valence-corrected chi connectivity index (χ4v) is 4.60. The van der Waals surface area contributed by atoms with Gasteiger partial charge in [0.05, 0.1) is 12.6 Å². The van der Waals surface area contributed by atoms with Crippen molar-refractivity contribution in [2.24, 2.45) is 0 Å². The van der Waals surface area contributed by atoms with Gasteiger partial charge in [-0.3, -0.25) is 4.79 Å². The highest BCUT2D eigenvalue weighted by Crippen LogP contribution is 2.35. The standard InChI is InChI=1S/C23H28N6O2/c1-15-6-4-5-7-19(15)21-26-20-22(28-11-9-27(10-12-28)17(3)30)24-16(2)25-23(20)29(21)18-8-13-31-14-18/h4-7,18H,8-14H2,1-3H3/t18-/m0/s1. The van der Waals surface area contributed by atoms with E-state index in [4.69, 9.17) is 19.7 Å². The van der Waals surface area contributed by atoms with E-state index in [-0.39, 0.29) is 11.9 Å². The molecule has 1 aromatic carbocycles. The maximum absolute atomic E-state index is 11.7. The molecule has 0 N–H and O–H groups in total. The molecule has 8 heteroatoms. The molecular formula is C23H28N6O2. The number of aromatic nitrogens is 4. The van der Waals surface area contributed by atoms with E-state index in [0.29, 0.717) is 19.7 Å². The molecule has 2 saturated heterocycles. The number of amides is 1. The van der Waals surface area contributed by atoms with Gasteiger partial charge in [0.15, 0.2) is 17.0 Å². The zero-order valence-electron chi connectivity index (χ0n) is 18.3. The van der Waals surface area contributed by atoms with Gasteiger partial charge < -0.3 is 19.1 Å². The molecule has 1 amide bonds. The Bertz CT molecular complexity index is 1130. The Balaban J connectivity index is 1.66. The molecule has 2 aliphatic rings. The highest BCUT2D eigenvalue weighted by atomic mass is 16.5. The second-order valence-corrected chi connectivity index (χ2v) is 8.40. The number of hydrogen-bond acceptors (Lipinski definition) is 6. The van der Waals surface area contributed by atoms with Gasteiger partial charge in [-0.15, -0.1) is 0 Å². The number of carbonyl (C=O) groups is 1. The van der Waals surface area contributed by atoms with Gasteiger partial charge in [-0.05, 0) is 25.8 Å². The van der Waals surface area contributed by atoms with Gasteiger partial charge in [0.1, 0.15) is 11.6 Å². The molecule has 0 aliphatic carbocycles. The molecule has 31 heavy (non-hydrogen) atoms. The zero-order chi connectivity index (χ0) is 21.5. The van der Waals surface area contributed by atoms with Crippen molar-refractivity contribution in [2.75, 3.05) is 44.3 Å². The van der Waals surface area contributed by atoms with Gasteiger partial charge in [-0.1, -0.05) is 24.3 Å². The molecule has 162 valence electrons. The number of nitrogens with zero attached hydrogens (tertiary/aromatic N) is 6. The summed E-state index contributed by atoms with van der Waals surface area (Å²) in [7, 11) is 0. The first-order valence-corrected chi connectivity index (χ1v) is 10.9. The van der Waals surface area contributed by atoms with E-state index in [9.17, 15) is 4.79 Å². The van der Waals surface area contributed by atoms with Crippen LogP contribution in [0.3, 0.4) is 0 Å². The van der Waals surface area contributed by atoms with E-state index >= 15 is 0 Å². The molecule has 0 bridgehead atoms. The Labute approximate surface area is 181 Å². The van der Waals surface area contributed by atoms with Crippen molar-refractivity contribution in [3.05, 3.63) is 35.7 Å². The lowest BCUT2D eigenvalue weighted by atomic mass is 10.1. The van der Waals surface area contributed by atoms with Gasteiger partial charge in [0.2, 0.25) is 5.91 Å². The molecule has 0 unspecified atom stereocenters. The van der Waals surface area contributed by atoms with Crippen LogP contribution in [0.1, 0.15) is 30.8 Å². The highest BCUT2D eigenvalue weighted by molar-refractivity contribution is 5.88. The predicted molar refractivity (Wildman–Crippen MR) is 119 cm³/mol. The van der Waals surface area contributed by atoms with Gasteiger partial charge in [0, 0.05) is 45.3 Å². The van der Waals surface area contributed by atoms with Crippen LogP contribution in [0.4, 0.5) is 5.82 Å². The molecule has 2 aromatic heterocycles. The summed E-state index contributed by atoms with van der Waals surface area (Å²) in [6.07, 6.45) is 0.944. The molecule has 0 spiro atoms. The number of carbonyl (C=O) groups excluding carboxylic acids is 1. The summed E-state index contributed by atoms with van der Waals surface area (Å²) in [4.78, 5) is 30.6. The average Bonchev–Trinajstić information content (AvgIpc) is 3.41. The minimum atomic E-state index is 0.121. The van der Waals surface area contributed by atoms with Crippen LogP contribution in [0.5, 0.6) is 0 Å². The number of piperazine rings is 1. The van der Waals surface area contributed by atoms with Crippen LogP contribution >= 0.6 is 0 Å². The maximum atomic E-state index is 11.7. The minimum Gasteiger partial charge on any atom is -0.379 e. The Morgan fingerprint density at radius 3 is 2.52 bits per heavy atom. The fraction of sp³-hybridized carbons (Fsp3) is 0.478. The van der Waals surface area contributed by atoms with Gasteiger partial charge in [-0.2, -0.15) is 0 Å². The molecular weight excluding hydrogens is 392 g/mol. The number of benzene rings is 1. The Hall–Kier alpha value is -3.00. The third-order valence-electron chi connectivity index (χ3n) is 6.31. The first kappa shape index (κ1) is 19.9. The van der Waals surface area contributed by atoms with Crippen LogP contribution in [-0.4, -0.2) is 69.7 Å². The molecule has 2 aliphatic heterocycles. The van der Waals surface area contributed by atoms with Gasteiger partial charge in [-0.25, -0.2) is 15.0 Å². The Kier molecular flexibility index (Phi) is 5.09. The van der Waals surface area contributed by atoms with Crippen LogP contribution in [0, 0.1) is 13.8 Å². The molecule has 2 fully saturated rings. The van der Waals surface area contributed by atoms with Crippen molar-refractivity contribution in [1.82, 2.24) is 24.4 Å². The van der Waals surface area contributed by atoms with Crippen LogP contribution in [0.25, 0.3) is 22.6 Å². The number of hydrogen-bond donors (Lipinski definition) is 0. The number of imidazole rings is 1. The first-order chi connectivity index (χ1) is 15.0. The van der Waals surface area contributed by atoms with E-state index in [2.05, 4.69) is 34.6 Å². The third-order valence-corrected chi connectivity index (χ3v) is 6.31. The summed E-state index contributed by atoms with van der Waals surface area (Å²) in [5.41, 5.74) is 3.98.